The summed E-state index contributed by atoms with van der Waals surface area (Å²) in [5.41, 5.74) is 0.661. The molecule has 1 saturated heterocycles. The van der Waals surface area contributed by atoms with E-state index in [9.17, 15) is 0 Å². The van der Waals surface area contributed by atoms with Crippen molar-refractivity contribution in [2.45, 2.75) is 45.6 Å². The first-order chi connectivity index (χ1) is 8.28. The lowest BCUT2D eigenvalue weighted by atomic mass is 10.0. The smallest absolute Gasteiger partial charge is 0.0826 e. The molecule has 0 aromatic rings. The highest BCUT2D eigenvalue weighted by Gasteiger charge is 2.40. The van der Waals surface area contributed by atoms with Crippen LogP contribution in [0, 0.1) is 5.41 Å². The van der Waals surface area contributed by atoms with E-state index in [2.05, 4.69) is 24.1 Å². The summed E-state index contributed by atoms with van der Waals surface area (Å²) < 4.78 is 5.80. The second kappa shape index (κ2) is 6.17. The molecule has 0 aromatic heterocycles. The van der Waals surface area contributed by atoms with Gasteiger partial charge in [-0.15, -0.1) is 0 Å². The quantitative estimate of drug-likeness (QED) is 0.735. The largest absolute Gasteiger partial charge is 0.374 e. The van der Waals surface area contributed by atoms with Crippen LogP contribution in [-0.4, -0.2) is 50.3 Å². The van der Waals surface area contributed by atoms with Gasteiger partial charge in [0.2, 0.25) is 0 Å². The van der Waals surface area contributed by atoms with Gasteiger partial charge in [-0.3, -0.25) is 4.90 Å². The fourth-order valence-corrected chi connectivity index (χ4v) is 2.91. The Labute approximate surface area is 106 Å². The van der Waals surface area contributed by atoms with Crippen LogP contribution in [0.5, 0.6) is 0 Å². The first kappa shape index (κ1) is 13.3. The lowest BCUT2D eigenvalue weighted by molar-refractivity contribution is -0.0256. The molecule has 1 saturated carbocycles. The summed E-state index contributed by atoms with van der Waals surface area (Å²) >= 11 is 0. The molecule has 2 fully saturated rings. The number of hydrogen-bond donors (Lipinski definition) is 1. The summed E-state index contributed by atoms with van der Waals surface area (Å²) in [5.74, 6) is 0. The number of morpholine rings is 1. The third kappa shape index (κ3) is 3.94. The molecule has 0 bridgehead atoms. The second-order valence-electron chi connectivity index (χ2n) is 5.77. The Morgan fingerprint density at radius 3 is 2.82 bits per heavy atom. The minimum atomic E-state index is 0.404. The minimum absolute atomic E-state index is 0.404. The zero-order chi connectivity index (χ0) is 12.1. The first-order valence-corrected chi connectivity index (χ1v) is 7.33. The molecule has 2 aliphatic rings. The highest BCUT2D eigenvalue weighted by molar-refractivity contribution is 4.94. The zero-order valence-corrected chi connectivity index (χ0v) is 11.5. The van der Waals surface area contributed by atoms with Gasteiger partial charge in [0, 0.05) is 26.2 Å². The number of likely N-dealkylation sites (N-methyl/N-ethyl adjacent to an activating group) is 1. The summed E-state index contributed by atoms with van der Waals surface area (Å²) in [5, 5.41) is 3.64. The van der Waals surface area contributed by atoms with Crippen LogP contribution in [0.2, 0.25) is 0 Å². The van der Waals surface area contributed by atoms with Gasteiger partial charge >= 0.3 is 0 Å². The third-order valence-electron chi connectivity index (χ3n) is 4.28. The number of hydrogen-bond acceptors (Lipinski definition) is 3. The summed E-state index contributed by atoms with van der Waals surface area (Å²) in [6.45, 7) is 11.0. The molecule has 1 heterocycles. The van der Waals surface area contributed by atoms with E-state index in [0.717, 1.165) is 32.8 Å². The lowest BCUT2D eigenvalue weighted by Crippen LogP contribution is -2.47. The highest BCUT2D eigenvalue weighted by atomic mass is 16.5. The van der Waals surface area contributed by atoms with Gasteiger partial charge < -0.3 is 10.1 Å². The molecule has 1 N–H and O–H groups in total. The van der Waals surface area contributed by atoms with Crippen molar-refractivity contribution in [2.24, 2.45) is 5.41 Å². The predicted molar refractivity (Wildman–Crippen MR) is 71.3 cm³/mol. The Morgan fingerprint density at radius 1 is 1.35 bits per heavy atom. The topological polar surface area (TPSA) is 24.5 Å². The Morgan fingerprint density at radius 2 is 2.18 bits per heavy atom. The van der Waals surface area contributed by atoms with Crippen LogP contribution < -0.4 is 5.32 Å². The first-order valence-electron chi connectivity index (χ1n) is 7.33. The molecular formula is C14H28N2O. The molecule has 100 valence electrons. The molecule has 0 aromatic carbocycles. The molecule has 1 aliphatic carbocycles. The van der Waals surface area contributed by atoms with Crippen molar-refractivity contribution in [1.29, 1.82) is 0 Å². The monoisotopic (exact) mass is 240 g/mol. The fraction of sp³-hybridized carbons (Fsp3) is 1.00. The molecule has 0 amide bonds. The SMILES string of the molecule is CCCC1(CNCC2CN(CC)CCO2)CC1. The maximum Gasteiger partial charge on any atom is 0.0826 e. The fourth-order valence-electron chi connectivity index (χ4n) is 2.91. The number of ether oxygens (including phenoxy) is 1. The van der Waals surface area contributed by atoms with E-state index in [1.54, 1.807) is 0 Å². The van der Waals surface area contributed by atoms with Crippen LogP contribution in [0.3, 0.4) is 0 Å². The molecule has 0 spiro atoms. The van der Waals surface area contributed by atoms with Crippen molar-refractivity contribution >= 4 is 0 Å². The van der Waals surface area contributed by atoms with E-state index in [0.29, 0.717) is 11.5 Å². The van der Waals surface area contributed by atoms with Crippen LogP contribution in [0.15, 0.2) is 0 Å². The molecule has 0 radical (unpaired) electrons. The van der Waals surface area contributed by atoms with Crippen LogP contribution in [0.4, 0.5) is 0 Å². The summed E-state index contributed by atoms with van der Waals surface area (Å²) in [6, 6.07) is 0. The predicted octanol–water partition coefficient (Wildman–Crippen LogP) is 1.88. The van der Waals surface area contributed by atoms with Gasteiger partial charge in [0.1, 0.15) is 0 Å². The molecular weight excluding hydrogens is 212 g/mol. The lowest BCUT2D eigenvalue weighted by Gasteiger charge is -2.32. The molecule has 2 rings (SSSR count). The average molecular weight is 240 g/mol. The van der Waals surface area contributed by atoms with Crippen LogP contribution in [0.1, 0.15) is 39.5 Å². The number of rotatable bonds is 7. The average Bonchev–Trinajstić information content (AvgIpc) is 3.10. The third-order valence-corrected chi connectivity index (χ3v) is 4.28. The normalized spacial score (nSPS) is 28.2. The molecule has 1 unspecified atom stereocenters. The van der Waals surface area contributed by atoms with Crippen molar-refractivity contribution in [1.82, 2.24) is 10.2 Å². The standard InChI is InChI=1S/C14H28N2O/c1-3-5-14(6-7-14)12-15-10-13-11-16(4-2)8-9-17-13/h13,15H,3-12H2,1-2H3. The highest BCUT2D eigenvalue weighted by Crippen LogP contribution is 2.48. The number of nitrogens with one attached hydrogen (secondary N) is 1. The van der Waals surface area contributed by atoms with Gasteiger partial charge in [-0.25, -0.2) is 0 Å². The van der Waals surface area contributed by atoms with Crippen LogP contribution in [-0.2, 0) is 4.74 Å². The summed E-state index contributed by atoms with van der Waals surface area (Å²) in [7, 11) is 0. The van der Waals surface area contributed by atoms with Crippen molar-refractivity contribution in [2.75, 3.05) is 39.3 Å². The minimum Gasteiger partial charge on any atom is -0.374 e. The van der Waals surface area contributed by atoms with Gasteiger partial charge in [-0.1, -0.05) is 20.3 Å². The van der Waals surface area contributed by atoms with Crippen LogP contribution in [0.25, 0.3) is 0 Å². The van der Waals surface area contributed by atoms with E-state index in [-0.39, 0.29) is 0 Å². The molecule has 1 aliphatic heterocycles. The van der Waals surface area contributed by atoms with Crippen molar-refractivity contribution in [3.05, 3.63) is 0 Å². The number of nitrogens with zero attached hydrogens (tertiary/aromatic N) is 1. The maximum atomic E-state index is 5.80. The van der Waals surface area contributed by atoms with Gasteiger partial charge in [-0.05, 0) is 31.2 Å². The maximum absolute atomic E-state index is 5.80. The second-order valence-corrected chi connectivity index (χ2v) is 5.77. The van der Waals surface area contributed by atoms with E-state index in [1.807, 2.05) is 0 Å². The van der Waals surface area contributed by atoms with Gasteiger partial charge in [0.25, 0.3) is 0 Å². The van der Waals surface area contributed by atoms with Gasteiger partial charge in [-0.2, -0.15) is 0 Å². The molecule has 3 nitrogen and oxygen atoms in total. The van der Waals surface area contributed by atoms with E-state index < -0.39 is 0 Å². The zero-order valence-electron chi connectivity index (χ0n) is 11.5. The van der Waals surface area contributed by atoms with Crippen molar-refractivity contribution in [3.63, 3.8) is 0 Å². The van der Waals surface area contributed by atoms with E-state index in [1.165, 1.54) is 32.2 Å². The Balaban J connectivity index is 1.61. The Hall–Kier alpha value is -0.120. The van der Waals surface area contributed by atoms with E-state index in [4.69, 9.17) is 4.74 Å². The van der Waals surface area contributed by atoms with Crippen molar-refractivity contribution in [3.8, 4) is 0 Å². The van der Waals surface area contributed by atoms with Crippen molar-refractivity contribution < 1.29 is 4.74 Å². The summed E-state index contributed by atoms with van der Waals surface area (Å²) in [6.07, 6.45) is 5.99. The van der Waals surface area contributed by atoms with E-state index >= 15 is 0 Å². The Bertz CT molecular complexity index is 228. The van der Waals surface area contributed by atoms with Crippen LogP contribution >= 0.6 is 0 Å². The Kier molecular flexibility index (Phi) is 4.83. The molecule has 3 heteroatoms. The van der Waals surface area contributed by atoms with Gasteiger partial charge in [0.05, 0.1) is 12.7 Å². The molecule has 17 heavy (non-hydrogen) atoms. The summed E-state index contributed by atoms with van der Waals surface area (Å²) in [4.78, 5) is 2.48. The molecule has 1 atom stereocenters. The van der Waals surface area contributed by atoms with Gasteiger partial charge in [0.15, 0.2) is 0 Å².